The Bertz CT molecular complexity index is 857. The van der Waals surface area contributed by atoms with Gasteiger partial charge in [-0.15, -0.1) is 0 Å². The third-order valence-electron chi connectivity index (χ3n) is 5.72. The van der Waals surface area contributed by atoms with Gasteiger partial charge in [-0.2, -0.15) is 13.2 Å². The maximum Gasteiger partial charge on any atom is 0.403 e. The largest absolute Gasteiger partial charge is 0.484 e. The number of rotatable bonds is 4. The normalized spacial score (nSPS) is 20.5. The highest BCUT2D eigenvalue weighted by molar-refractivity contribution is 5.81. The number of para-hydroxylation sites is 1. The van der Waals surface area contributed by atoms with Crippen LogP contribution in [0.4, 0.5) is 18.0 Å². The number of imidazole rings is 1. The fourth-order valence-electron chi connectivity index (χ4n) is 3.80. The molecule has 0 spiro atoms. The molecule has 1 unspecified atom stereocenters. The summed E-state index contributed by atoms with van der Waals surface area (Å²) in [6, 6.07) is 3.90. The van der Waals surface area contributed by atoms with Gasteiger partial charge in [-0.3, -0.25) is 4.90 Å². The van der Waals surface area contributed by atoms with Crippen LogP contribution in [0.15, 0.2) is 24.5 Å². The molecule has 3 heterocycles. The minimum atomic E-state index is -4.22. The fraction of sp³-hybridized carbons (Fsp3) is 0.579. The lowest BCUT2D eigenvalue weighted by molar-refractivity contribution is -0.181. The Labute approximate surface area is 166 Å². The molecule has 0 bridgehead atoms. The first-order valence-corrected chi connectivity index (χ1v) is 9.76. The van der Waals surface area contributed by atoms with Gasteiger partial charge < -0.3 is 19.9 Å². The second-order valence-electron chi connectivity index (χ2n) is 7.68. The number of likely N-dealkylation sites (tertiary alicyclic amines) is 2. The van der Waals surface area contributed by atoms with Crippen molar-refractivity contribution >= 4 is 17.1 Å². The number of fused-ring (bicyclic) bond motifs is 1. The molecule has 1 aromatic carbocycles. The smallest absolute Gasteiger partial charge is 0.403 e. The van der Waals surface area contributed by atoms with E-state index in [0.29, 0.717) is 44.8 Å². The SMILES string of the molecule is CC(N1CCC(NC(=O)N2CC(Oc3cccc4[nH]cnc34)C2)CC1)C(F)(F)F. The Morgan fingerprint density at radius 1 is 1.31 bits per heavy atom. The summed E-state index contributed by atoms with van der Waals surface area (Å²) in [5, 5.41) is 2.94. The van der Waals surface area contributed by atoms with Crippen molar-refractivity contribution in [2.24, 2.45) is 0 Å². The lowest BCUT2D eigenvalue weighted by Gasteiger charge is -2.41. The molecule has 0 aliphatic carbocycles. The van der Waals surface area contributed by atoms with Crippen LogP contribution in [0.25, 0.3) is 11.0 Å². The molecule has 0 saturated carbocycles. The zero-order valence-corrected chi connectivity index (χ0v) is 16.1. The van der Waals surface area contributed by atoms with Crippen molar-refractivity contribution in [3.05, 3.63) is 24.5 Å². The highest BCUT2D eigenvalue weighted by Gasteiger charge is 2.41. The van der Waals surface area contributed by atoms with E-state index in [9.17, 15) is 18.0 Å². The van der Waals surface area contributed by atoms with Crippen LogP contribution in [0.5, 0.6) is 5.75 Å². The van der Waals surface area contributed by atoms with Crippen LogP contribution in [0.1, 0.15) is 19.8 Å². The molecule has 2 aliphatic heterocycles. The molecule has 4 rings (SSSR count). The number of nitrogens with one attached hydrogen (secondary N) is 2. The number of halogens is 3. The lowest BCUT2D eigenvalue weighted by atomic mass is 10.0. The maximum atomic E-state index is 12.8. The van der Waals surface area contributed by atoms with Crippen LogP contribution in [0.3, 0.4) is 0 Å². The predicted molar refractivity (Wildman–Crippen MR) is 101 cm³/mol. The minimum Gasteiger partial charge on any atom is -0.484 e. The maximum absolute atomic E-state index is 12.8. The molecule has 10 heteroatoms. The van der Waals surface area contributed by atoms with E-state index in [2.05, 4.69) is 15.3 Å². The number of hydrogen-bond acceptors (Lipinski definition) is 4. The van der Waals surface area contributed by atoms with Crippen LogP contribution in [-0.2, 0) is 0 Å². The summed E-state index contributed by atoms with van der Waals surface area (Å²) in [5.74, 6) is 0.681. The zero-order chi connectivity index (χ0) is 20.6. The number of carbonyl (C=O) groups is 1. The number of urea groups is 1. The number of H-pyrrole nitrogens is 1. The van der Waals surface area contributed by atoms with E-state index in [-0.39, 0.29) is 18.2 Å². The summed E-state index contributed by atoms with van der Waals surface area (Å²) in [4.78, 5) is 22.7. The first-order valence-electron chi connectivity index (χ1n) is 9.76. The summed E-state index contributed by atoms with van der Waals surface area (Å²) in [6.45, 7) is 2.77. The van der Waals surface area contributed by atoms with Gasteiger partial charge in [0.05, 0.1) is 24.9 Å². The molecule has 2 fully saturated rings. The van der Waals surface area contributed by atoms with Gasteiger partial charge in [-0.05, 0) is 31.9 Å². The monoisotopic (exact) mass is 411 g/mol. The summed E-state index contributed by atoms with van der Waals surface area (Å²) >= 11 is 0. The number of carbonyl (C=O) groups excluding carboxylic acids is 1. The molecule has 158 valence electrons. The second-order valence-corrected chi connectivity index (χ2v) is 7.68. The molecule has 2 aromatic rings. The van der Waals surface area contributed by atoms with Crippen molar-refractivity contribution in [2.45, 2.75) is 44.1 Å². The van der Waals surface area contributed by atoms with E-state index < -0.39 is 12.2 Å². The quantitative estimate of drug-likeness (QED) is 0.812. The molecular weight excluding hydrogens is 387 g/mol. The molecule has 1 atom stereocenters. The van der Waals surface area contributed by atoms with Crippen LogP contribution in [0, 0.1) is 0 Å². The summed E-state index contributed by atoms with van der Waals surface area (Å²) in [6.07, 6.45) is -1.68. The van der Waals surface area contributed by atoms with Crippen molar-refractivity contribution in [1.29, 1.82) is 0 Å². The number of piperidine rings is 1. The Hall–Kier alpha value is -2.49. The molecule has 0 radical (unpaired) electrons. The van der Waals surface area contributed by atoms with Crippen molar-refractivity contribution in [2.75, 3.05) is 26.2 Å². The Morgan fingerprint density at radius 3 is 2.72 bits per heavy atom. The molecule has 7 nitrogen and oxygen atoms in total. The van der Waals surface area contributed by atoms with Gasteiger partial charge in [0.15, 0.2) is 0 Å². The van der Waals surface area contributed by atoms with E-state index in [1.165, 1.54) is 11.8 Å². The van der Waals surface area contributed by atoms with E-state index in [1.807, 2.05) is 18.2 Å². The van der Waals surface area contributed by atoms with Crippen molar-refractivity contribution in [3.8, 4) is 5.75 Å². The van der Waals surface area contributed by atoms with Crippen LogP contribution < -0.4 is 10.1 Å². The number of amides is 2. The number of hydrogen-bond donors (Lipinski definition) is 2. The van der Waals surface area contributed by atoms with Gasteiger partial charge in [-0.1, -0.05) is 6.07 Å². The first-order chi connectivity index (χ1) is 13.8. The van der Waals surface area contributed by atoms with Crippen molar-refractivity contribution in [3.63, 3.8) is 0 Å². The van der Waals surface area contributed by atoms with Gasteiger partial charge in [-0.25, -0.2) is 9.78 Å². The molecule has 2 N–H and O–H groups in total. The molecule has 2 saturated heterocycles. The Balaban J connectivity index is 1.21. The number of nitrogens with zero attached hydrogens (tertiary/aromatic N) is 3. The lowest BCUT2D eigenvalue weighted by Crippen LogP contribution is -2.61. The fourth-order valence-corrected chi connectivity index (χ4v) is 3.80. The van der Waals surface area contributed by atoms with E-state index in [4.69, 9.17) is 4.74 Å². The van der Waals surface area contributed by atoms with Crippen LogP contribution >= 0.6 is 0 Å². The Kier molecular flexibility index (Phi) is 5.28. The number of benzene rings is 1. The molecule has 2 amide bonds. The van der Waals surface area contributed by atoms with E-state index >= 15 is 0 Å². The molecule has 1 aromatic heterocycles. The Morgan fingerprint density at radius 2 is 2.03 bits per heavy atom. The standard InChI is InChI=1S/C19H24F3N5O2/c1-12(19(20,21)22)26-7-5-13(6-8-26)25-18(28)27-9-14(10-27)29-16-4-2-3-15-17(16)24-11-23-15/h2-4,11-14H,5-10H2,1H3,(H,23,24)(H,25,28). The highest BCUT2D eigenvalue weighted by Crippen LogP contribution is 2.28. The first kappa shape index (κ1) is 19.8. The van der Waals surface area contributed by atoms with Gasteiger partial charge >= 0.3 is 12.2 Å². The minimum absolute atomic E-state index is 0.0995. The van der Waals surface area contributed by atoms with Gasteiger partial charge in [0.25, 0.3) is 0 Å². The van der Waals surface area contributed by atoms with Crippen LogP contribution in [0.2, 0.25) is 0 Å². The predicted octanol–water partition coefficient (Wildman–Crippen LogP) is 2.75. The third kappa shape index (κ3) is 4.26. The number of aromatic amines is 1. The topological polar surface area (TPSA) is 73.5 Å². The average molecular weight is 411 g/mol. The van der Waals surface area contributed by atoms with Gasteiger partial charge in [0.1, 0.15) is 23.4 Å². The molecule has 29 heavy (non-hydrogen) atoms. The van der Waals surface area contributed by atoms with Gasteiger partial charge in [0, 0.05) is 19.1 Å². The van der Waals surface area contributed by atoms with Gasteiger partial charge in [0.2, 0.25) is 0 Å². The van der Waals surface area contributed by atoms with E-state index in [0.717, 1.165) is 11.0 Å². The van der Waals surface area contributed by atoms with Crippen molar-refractivity contribution in [1.82, 2.24) is 25.1 Å². The number of alkyl halides is 3. The summed E-state index contributed by atoms with van der Waals surface area (Å²) in [7, 11) is 0. The van der Waals surface area contributed by atoms with Crippen LogP contribution in [-0.4, -0.2) is 76.3 Å². The average Bonchev–Trinajstić information content (AvgIpc) is 3.13. The highest BCUT2D eigenvalue weighted by atomic mass is 19.4. The second kappa shape index (κ2) is 7.74. The molecule has 2 aliphatic rings. The third-order valence-corrected chi connectivity index (χ3v) is 5.72. The molecular formula is C19H24F3N5O2. The van der Waals surface area contributed by atoms with E-state index in [1.54, 1.807) is 11.2 Å². The van der Waals surface area contributed by atoms with Crippen molar-refractivity contribution < 1.29 is 22.7 Å². The summed E-state index contributed by atoms with van der Waals surface area (Å²) in [5.41, 5.74) is 1.65. The zero-order valence-electron chi connectivity index (χ0n) is 16.1. The number of aromatic nitrogens is 2. The number of ether oxygens (including phenoxy) is 1. The summed E-state index contributed by atoms with van der Waals surface area (Å²) < 4.78 is 44.4.